The molecule has 31 heavy (non-hydrogen) atoms. The van der Waals surface area contributed by atoms with Crippen LogP contribution in [0.3, 0.4) is 0 Å². The Labute approximate surface area is 183 Å². The predicted octanol–water partition coefficient (Wildman–Crippen LogP) is 5.79. The van der Waals surface area contributed by atoms with Gasteiger partial charge in [0.25, 0.3) is 5.91 Å². The minimum Gasteiger partial charge on any atom is -0.322 e. The van der Waals surface area contributed by atoms with E-state index in [2.05, 4.69) is 10.4 Å². The average Bonchev–Trinajstić information content (AvgIpc) is 3.22. The summed E-state index contributed by atoms with van der Waals surface area (Å²) in [6.45, 7) is 1.41. The highest BCUT2D eigenvalue weighted by molar-refractivity contribution is 6.34. The third-order valence-electron chi connectivity index (χ3n) is 4.70. The number of halogens is 2. The van der Waals surface area contributed by atoms with Crippen molar-refractivity contribution in [2.75, 3.05) is 5.32 Å². The zero-order chi connectivity index (χ0) is 22.0. The second-order valence-electron chi connectivity index (χ2n) is 6.88. The number of nitrogens with zero attached hydrogens (tertiary/aromatic N) is 2. The molecular formula is C24H17ClFN3O2. The Morgan fingerprint density at radius 2 is 1.68 bits per heavy atom. The van der Waals surface area contributed by atoms with Crippen LogP contribution in [-0.2, 0) is 0 Å². The van der Waals surface area contributed by atoms with Gasteiger partial charge in [-0.05, 0) is 61.5 Å². The van der Waals surface area contributed by atoms with Crippen LogP contribution in [0.25, 0.3) is 16.9 Å². The van der Waals surface area contributed by atoms with E-state index in [1.807, 2.05) is 30.3 Å². The predicted molar refractivity (Wildman–Crippen MR) is 118 cm³/mol. The molecule has 4 aromatic rings. The van der Waals surface area contributed by atoms with Gasteiger partial charge >= 0.3 is 0 Å². The molecule has 1 aromatic heterocycles. The Morgan fingerprint density at radius 3 is 2.35 bits per heavy atom. The normalized spacial score (nSPS) is 10.7. The maximum absolute atomic E-state index is 13.4. The zero-order valence-electron chi connectivity index (χ0n) is 16.5. The van der Waals surface area contributed by atoms with Crippen LogP contribution in [0.5, 0.6) is 0 Å². The molecule has 0 saturated carbocycles. The fourth-order valence-corrected chi connectivity index (χ4v) is 3.40. The number of nitrogens with one attached hydrogen (secondary N) is 1. The highest BCUT2D eigenvalue weighted by Crippen LogP contribution is 2.26. The summed E-state index contributed by atoms with van der Waals surface area (Å²) in [5, 5.41) is 7.67. The molecule has 1 N–H and O–H groups in total. The van der Waals surface area contributed by atoms with Gasteiger partial charge in [-0.15, -0.1) is 0 Å². The van der Waals surface area contributed by atoms with E-state index in [-0.39, 0.29) is 11.6 Å². The van der Waals surface area contributed by atoms with E-state index in [0.29, 0.717) is 33.1 Å². The Balaban J connectivity index is 1.75. The van der Waals surface area contributed by atoms with Gasteiger partial charge in [0.05, 0.1) is 16.3 Å². The van der Waals surface area contributed by atoms with Crippen LogP contribution in [-0.4, -0.2) is 21.5 Å². The molecule has 4 rings (SSSR count). The van der Waals surface area contributed by atoms with E-state index >= 15 is 0 Å². The molecule has 7 heteroatoms. The van der Waals surface area contributed by atoms with Gasteiger partial charge in [0.15, 0.2) is 5.78 Å². The third-order valence-corrected chi connectivity index (χ3v) is 5.03. The molecule has 0 aliphatic heterocycles. The van der Waals surface area contributed by atoms with Crippen molar-refractivity contribution in [3.05, 3.63) is 101 Å². The molecule has 0 aliphatic rings. The van der Waals surface area contributed by atoms with Gasteiger partial charge in [0, 0.05) is 23.0 Å². The maximum atomic E-state index is 13.4. The number of aromatic nitrogens is 2. The maximum Gasteiger partial charge on any atom is 0.259 e. The van der Waals surface area contributed by atoms with Crippen molar-refractivity contribution < 1.29 is 14.0 Å². The quantitative estimate of drug-likeness (QED) is 0.405. The first-order valence-electron chi connectivity index (χ1n) is 9.45. The molecular weight excluding hydrogens is 417 g/mol. The van der Waals surface area contributed by atoms with Gasteiger partial charge in [0.2, 0.25) is 0 Å². The van der Waals surface area contributed by atoms with Crippen molar-refractivity contribution in [3.8, 4) is 16.9 Å². The number of anilines is 1. The number of hydrogen-bond acceptors (Lipinski definition) is 3. The minimum absolute atomic E-state index is 0.204. The fraction of sp³-hybridized carbons (Fsp3) is 0.0417. The highest BCUT2D eigenvalue weighted by atomic mass is 35.5. The van der Waals surface area contributed by atoms with Gasteiger partial charge in [-0.3, -0.25) is 9.59 Å². The smallest absolute Gasteiger partial charge is 0.259 e. The standard InChI is InChI=1S/C24H17ClFN3O2/c1-15(30)20-13-18(11-12-22(20)25)27-24(31)21-14-29(19-5-3-2-4-6-19)28-23(21)16-7-9-17(26)10-8-16/h2-14H,1H3,(H,27,31). The molecule has 1 heterocycles. The summed E-state index contributed by atoms with van der Waals surface area (Å²) in [5.74, 6) is -1.00. The summed E-state index contributed by atoms with van der Waals surface area (Å²) >= 11 is 6.06. The molecule has 0 unspecified atom stereocenters. The van der Waals surface area contributed by atoms with Gasteiger partial charge in [-0.25, -0.2) is 9.07 Å². The Kier molecular flexibility index (Phi) is 5.64. The summed E-state index contributed by atoms with van der Waals surface area (Å²) in [7, 11) is 0. The Bertz CT molecular complexity index is 1270. The number of carbonyl (C=O) groups excluding carboxylic acids is 2. The van der Waals surface area contributed by atoms with Crippen molar-refractivity contribution in [1.82, 2.24) is 9.78 Å². The van der Waals surface area contributed by atoms with Gasteiger partial charge < -0.3 is 5.32 Å². The molecule has 154 valence electrons. The largest absolute Gasteiger partial charge is 0.322 e. The summed E-state index contributed by atoms with van der Waals surface area (Å²) in [6.07, 6.45) is 1.62. The van der Waals surface area contributed by atoms with E-state index in [1.165, 1.54) is 25.1 Å². The first-order chi connectivity index (χ1) is 14.9. The lowest BCUT2D eigenvalue weighted by molar-refractivity contribution is 0.101. The second kappa shape index (κ2) is 8.53. The Morgan fingerprint density at radius 1 is 0.968 bits per heavy atom. The monoisotopic (exact) mass is 433 g/mol. The van der Waals surface area contributed by atoms with Crippen molar-refractivity contribution in [2.24, 2.45) is 0 Å². The number of ketones is 1. The van der Waals surface area contributed by atoms with E-state index < -0.39 is 5.91 Å². The van der Waals surface area contributed by atoms with Gasteiger partial charge in [0.1, 0.15) is 11.5 Å². The third kappa shape index (κ3) is 4.39. The lowest BCUT2D eigenvalue weighted by Gasteiger charge is -2.08. The molecule has 0 bridgehead atoms. The zero-order valence-corrected chi connectivity index (χ0v) is 17.2. The van der Waals surface area contributed by atoms with Crippen LogP contribution >= 0.6 is 11.6 Å². The van der Waals surface area contributed by atoms with Gasteiger partial charge in [-0.1, -0.05) is 29.8 Å². The van der Waals surface area contributed by atoms with Crippen LogP contribution in [0, 0.1) is 5.82 Å². The molecule has 0 spiro atoms. The fourth-order valence-electron chi connectivity index (χ4n) is 3.15. The highest BCUT2D eigenvalue weighted by Gasteiger charge is 2.19. The van der Waals surface area contributed by atoms with Crippen LogP contribution < -0.4 is 5.32 Å². The molecule has 0 saturated heterocycles. The van der Waals surface area contributed by atoms with E-state index in [0.717, 1.165) is 5.69 Å². The minimum atomic E-state index is -0.418. The number of hydrogen-bond donors (Lipinski definition) is 1. The first-order valence-corrected chi connectivity index (χ1v) is 9.83. The van der Waals surface area contributed by atoms with Crippen molar-refractivity contribution in [1.29, 1.82) is 0 Å². The first kappa shape index (κ1) is 20.5. The SMILES string of the molecule is CC(=O)c1cc(NC(=O)c2cn(-c3ccccc3)nc2-c2ccc(F)cc2)ccc1Cl. The molecule has 0 aliphatic carbocycles. The van der Waals surface area contributed by atoms with Crippen molar-refractivity contribution >= 4 is 29.0 Å². The summed E-state index contributed by atoms with van der Waals surface area (Å²) < 4.78 is 15.0. The molecule has 1 amide bonds. The van der Waals surface area contributed by atoms with Crippen LogP contribution in [0.4, 0.5) is 10.1 Å². The number of rotatable bonds is 5. The lowest BCUT2D eigenvalue weighted by Crippen LogP contribution is -2.13. The lowest BCUT2D eigenvalue weighted by atomic mass is 10.1. The molecule has 0 fully saturated rings. The van der Waals surface area contributed by atoms with Crippen LogP contribution in [0.2, 0.25) is 5.02 Å². The Hall–Kier alpha value is -3.77. The van der Waals surface area contributed by atoms with Crippen molar-refractivity contribution in [3.63, 3.8) is 0 Å². The topological polar surface area (TPSA) is 64.0 Å². The number of benzene rings is 3. The molecule has 0 atom stereocenters. The molecule has 5 nitrogen and oxygen atoms in total. The average molecular weight is 434 g/mol. The summed E-state index contributed by atoms with van der Waals surface area (Å²) in [6, 6.07) is 19.8. The van der Waals surface area contributed by atoms with Crippen molar-refractivity contribution in [2.45, 2.75) is 6.92 Å². The molecule has 0 radical (unpaired) electrons. The summed E-state index contributed by atoms with van der Waals surface area (Å²) in [4.78, 5) is 24.9. The number of Topliss-reactive ketones (excluding diaryl/α,β-unsaturated/α-hetero) is 1. The number of carbonyl (C=O) groups is 2. The van der Waals surface area contributed by atoms with E-state index in [1.54, 1.807) is 35.1 Å². The number of para-hydroxylation sites is 1. The van der Waals surface area contributed by atoms with E-state index in [4.69, 9.17) is 11.6 Å². The van der Waals surface area contributed by atoms with Crippen LogP contribution in [0.1, 0.15) is 27.6 Å². The number of amides is 1. The van der Waals surface area contributed by atoms with Crippen LogP contribution in [0.15, 0.2) is 79.0 Å². The summed E-state index contributed by atoms with van der Waals surface area (Å²) in [5.41, 5.74) is 2.82. The molecule has 3 aromatic carbocycles. The second-order valence-corrected chi connectivity index (χ2v) is 7.29. The van der Waals surface area contributed by atoms with E-state index in [9.17, 15) is 14.0 Å². The van der Waals surface area contributed by atoms with Gasteiger partial charge in [-0.2, -0.15) is 5.10 Å².